The Hall–Kier alpha value is -1.56. The van der Waals surface area contributed by atoms with Gasteiger partial charge in [0.2, 0.25) is 5.91 Å². The zero-order valence-corrected chi connectivity index (χ0v) is 9.79. The molecule has 1 heterocycles. The fourth-order valence-electron chi connectivity index (χ4n) is 2.19. The first-order valence-corrected chi connectivity index (χ1v) is 5.53. The fourth-order valence-corrected chi connectivity index (χ4v) is 2.19. The summed E-state index contributed by atoms with van der Waals surface area (Å²) < 4.78 is 38.3. The minimum Gasteiger partial charge on any atom is -0.326 e. The summed E-state index contributed by atoms with van der Waals surface area (Å²) in [7, 11) is 0. The van der Waals surface area contributed by atoms with Gasteiger partial charge in [-0.1, -0.05) is 6.07 Å². The Kier molecular flexibility index (Phi) is 3.06. The summed E-state index contributed by atoms with van der Waals surface area (Å²) in [6, 6.07) is 3.52. The van der Waals surface area contributed by atoms with Gasteiger partial charge in [0.25, 0.3) is 0 Å². The van der Waals surface area contributed by atoms with Gasteiger partial charge in [0.05, 0.1) is 5.56 Å². The molecule has 1 atom stereocenters. The van der Waals surface area contributed by atoms with Crippen LogP contribution in [0.3, 0.4) is 0 Å². The minimum atomic E-state index is -4.41. The van der Waals surface area contributed by atoms with E-state index in [1.54, 1.807) is 0 Å². The van der Waals surface area contributed by atoms with E-state index in [9.17, 15) is 18.0 Å². The molecule has 1 aliphatic heterocycles. The third-order valence-electron chi connectivity index (χ3n) is 3.06. The molecule has 1 amide bonds. The number of carbonyl (C=O) groups is 1. The highest BCUT2D eigenvalue weighted by molar-refractivity contribution is 5.97. The summed E-state index contributed by atoms with van der Waals surface area (Å²) in [4.78, 5) is 13.0. The van der Waals surface area contributed by atoms with Crippen molar-refractivity contribution in [2.75, 3.05) is 11.4 Å². The summed E-state index contributed by atoms with van der Waals surface area (Å²) in [6.07, 6.45) is -4.24. The van der Waals surface area contributed by atoms with Gasteiger partial charge in [-0.3, -0.25) is 4.79 Å². The molecule has 3 nitrogen and oxygen atoms in total. The van der Waals surface area contributed by atoms with Crippen LogP contribution in [0.15, 0.2) is 18.2 Å². The van der Waals surface area contributed by atoms with Crippen LogP contribution in [-0.4, -0.2) is 18.5 Å². The molecule has 18 heavy (non-hydrogen) atoms. The molecule has 1 aromatic rings. The van der Waals surface area contributed by atoms with Crippen molar-refractivity contribution in [1.29, 1.82) is 0 Å². The highest BCUT2D eigenvalue weighted by atomic mass is 19.4. The maximum absolute atomic E-state index is 12.8. The number of anilines is 1. The van der Waals surface area contributed by atoms with Crippen LogP contribution < -0.4 is 10.6 Å². The molecule has 0 aromatic heterocycles. The zero-order valence-electron chi connectivity index (χ0n) is 9.79. The number of rotatable bonds is 1. The number of alkyl halides is 3. The lowest BCUT2D eigenvalue weighted by molar-refractivity contribution is -0.138. The lowest BCUT2D eigenvalue weighted by Crippen LogP contribution is -2.29. The van der Waals surface area contributed by atoms with Crippen molar-refractivity contribution in [2.24, 2.45) is 5.73 Å². The average molecular weight is 258 g/mol. The minimum absolute atomic E-state index is 0.0625. The molecule has 98 valence electrons. The molecule has 1 fully saturated rings. The second-order valence-electron chi connectivity index (χ2n) is 4.42. The Balaban J connectivity index is 2.44. The van der Waals surface area contributed by atoms with Crippen molar-refractivity contribution in [3.8, 4) is 0 Å². The number of hydrogen-bond acceptors (Lipinski definition) is 2. The molecule has 2 rings (SSSR count). The van der Waals surface area contributed by atoms with E-state index in [0.717, 1.165) is 6.07 Å². The van der Waals surface area contributed by atoms with Crippen LogP contribution >= 0.6 is 0 Å². The van der Waals surface area contributed by atoms with Gasteiger partial charge in [0.1, 0.15) is 0 Å². The molecule has 1 aliphatic rings. The summed E-state index contributed by atoms with van der Waals surface area (Å²) in [5.74, 6) is -0.232. The Labute approximate surface area is 102 Å². The first-order valence-electron chi connectivity index (χ1n) is 5.53. The molecule has 0 aliphatic carbocycles. The molecule has 0 saturated carbocycles. The van der Waals surface area contributed by atoms with Gasteiger partial charge < -0.3 is 10.6 Å². The predicted octanol–water partition coefficient (Wildman–Crippen LogP) is 2.08. The fraction of sp³-hybridized carbons (Fsp3) is 0.417. The monoisotopic (exact) mass is 258 g/mol. The highest BCUT2D eigenvalue weighted by Gasteiger charge is 2.35. The summed E-state index contributed by atoms with van der Waals surface area (Å²) in [5, 5.41) is 0. The first kappa shape index (κ1) is 12.9. The zero-order chi connectivity index (χ0) is 13.5. The molecule has 0 radical (unpaired) electrons. The first-order chi connectivity index (χ1) is 8.30. The van der Waals surface area contributed by atoms with Crippen molar-refractivity contribution < 1.29 is 18.0 Å². The van der Waals surface area contributed by atoms with E-state index in [1.807, 2.05) is 0 Å². The maximum Gasteiger partial charge on any atom is 0.416 e. The summed E-state index contributed by atoms with van der Waals surface area (Å²) >= 11 is 0. The Bertz CT molecular complexity index is 485. The van der Waals surface area contributed by atoms with Gasteiger partial charge in [-0.15, -0.1) is 0 Å². The van der Waals surface area contributed by atoms with Gasteiger partial charge >= 0.3 is 6.18 Å². The molecular formula is C12H13F3N2O. The highest BCUT2D eigenvalue weighted by Crippen LogP contribution is 2.36. The summed E-state index contributed by atoms with van der Waals surface area (Å²) in [6.45, 7) is 1.64. The second kappa shape index (κ2) is 4.28. The van der Waals surface area contributed by atoms with Crippen LogP contribution in [0.2, 0.25) is 0 Å². The van der Waals surface area contributed by atoms with Crippen LogP contribution in [0.5, 0.6) is 0 Å². The molecule has 2 N–H and O–H groups in total. The van der Waals surface area contributed by atoms with Crippen molar-refractivity contribution in [3.63, 3.8) is 0 Å². The Morgan fingerprint density at radius 1 is 1.39 bits per heavy atom. The lowest BCUT2D eigenvalue weighted by atomic mass is 10.1. The lowest BCUT2D eigenvalue weighted by Gasteiger charge is -2.21. The number of halogens is 3. The molecule has 1 saturated heterocycles. The number of nitrogens with two attached hydrogens (primary N) is 1. The van der Waals surface area contributed by atoms with Crippen molar-refractivity contribution >= 4 is 11.6 Å². The number of benzene rings is 1. The van der Waals surface area contributed by atoms with Crippen molar-refractivity contribution in [1.82, 2.24) is 0 Å². The molecule has 0 bridgehead atoms. The van der Waals surface area contributed by atoms with Gasteiger partial charge in [0, 0.05) is 24.7 Å². The van der Waals surface area contributed by atoms with Crippen LogP contribution in [0.25, 0.3) is 0 Å². The van der Waals surface area contributed by atoms with Crippen LogP contribution in [-0.2, 0) is 11.0 Å². The quantitative estimate of drug-likeness (QED) is 0.838. The van der Waals surface area contributed by atoms with E-state index >= 15 is 0 Å². The Morgan fingerprint density at radius 3 is 2.56 bits per heavy atom. The molecule has 0 spiro atoms. The molecule has 1 aromatic carbocycles. The number of hydrogen-bond donors (Lipinski definition) is 1. The van der Waals surface area contributed by atoms with Gasteiger partial charge in [-0.05, 0) is 24.6 Å². The number of carbonyl (C=O) groups excluding carboxylic acids is 1. The van der Waals surface area contributed by atoms with E-state index in [0.29, 0.717) is 5.69 Å². The normalized spacial score (nSPS) is 20.6. The number of amides is 1. The topological polar surface area (TPSA) is 46.3 Å². The van der Waals surface area contributed by atoms with Gasteiger partial charge in [0.15, 0.2) is 0 Å². The third-order valence-corrected chi connectivity index (χ3v) is 3.06. The van der Waals surface area contributed by atoms with Crippen molar-refractivity contribution in [2.45, 2.75) is 25.6 Å². The maximum atomic E-state index is 12.8. The van der Waals surface area contributed by atoms with E-state index < -0.39 is 11.7 Å². The predicted molar refractivity (Wildman–Crippen MR) is 61.1 cm³/mol. The molecular weight excluding hydrogens is 245 g/mol. The van der Waals surface area contributed by atoms with E-state index in [-0.39, 0.29) is 30.5 Å². The Morgan fingerprint density at radius 2 is 2.06 bits per heavy atom. The molecule has 1 unspecified atom stereocenters. The van der Waals surface area contributed by atoms with E-state index in [1.165, 1.54) is 24.0 Å². The largest absolute Gasteiger partial charge is 0.416 e. The van der Waals surface area contributed by atoms with Gasteiger partial charge in [-0.25, -0.2) is 0 Å². The van der Waals surface area contributed by atoms with E-state index in [2.05, 4.69) is 0 Å². The SMILES string of the molecule is Cc1c(N2CC(N)CC2=O)cccc1C(F)(F)F. The van der Waals surface area contributed by atoms with Crippen LogP contribution in [0, 0.1) is 6.92 Å². The average Bonchev–Trinajstić information content (AvgIpc) is 2.56. The molecule has 6 heteroatoms. The number of nitrogens with zero attached hydrogens (tertiary/aromatic N) is 1. The van der Waals surface area contributed by atoms with E-state index in [4.69, 9.17) is 5.73 Å². The smallest absolute Gasteiger partial charge is 0.326 e. The van der Waals surface area contributed by atoms with Crippen LogP contribution in [0.4, 0.5) is 18.9 Å². The van der Waals surface area contributed by atoms with Crippen LogP contribution in [0.1, 0.15) is 17.5 Å². The second-order valence-corrected chi connectivity index (χ2v) is 4.42. The van der Waals surface area contributed by atoms with Crippen molar-refractivity contribution in [3.05, 3.63) is 29.3 Å². The third kappa shape index (κ3) is 2.20. The standard InChI is InChI=1S/C12H13F3N2O/c1-7-9(12(13,14)15)3-2-4-10(7)17-6-8(16)5-11(17)18/h2-4,8H,5-6,16H2,1H3. The van der Waals surface area contributed by atoms with Gasteiger partial charge in [-0.2, -0.15) is 13.2 Å². The summed E-state index contributed by atoms with van der Waals surface area (Å²) in [5.41, 5.74) is 5.28.